The Bertz CT molecular complexity index is 759. The SMILES string of the molecule is COC(=O)CC(C(=O)OC)/C(=C\c1c(Br)c(O)c(O)c(Br)c1Br)C(=O)O. The van der Waals surface area contributed by atoms with E-state index < -0.39 is 47.3 Å². The number of carbonyl (C=O) groups is 3. The molecule has 0 radical (unpaired) electrons. The number of phenols is 2. The van der Waals surface area contributed by atoms with Gasteiger partial charge in [-0.15, -0.1) is 0 Å². The minimum atomic E-state index is -1.48. The smallest absolute Gasteiger partial charge is 0.332 e. The predicted octanol–water partition coefficient (Wildman–Crippen LogP) is 3.21. The molecule has 0 heterocycles. The maximum atomic E-state index is 12.0. The Morgan fingerprint density at radius 3 is 2.00 bits per heavy atom. The van der Waals surface area contributed by atoms with Crippen LogP contribution in [0.3, 0.4) is 0 Å². The predicted molar refractivity (Wildman–Crippen MR) is 101 cm³/mol. The Hall–Kier alpha value is -1.59. The van der Waals surface area contributed by atoms with Crippen molar-refractivity contribution >= 4 is 71.8 Å². The molecule has 1 aromatic carbocycles. The van der Waals surface area contributed by atoms with Crippen molar-refractivity contribution in [1.82, 2.24) is 0 Å². The topological polar surface area (TPSA) is 130 Å². The summed E-state index contributed by atoms with van der Waals surface area (Å²) in [6.45, 7) is 0. The highest BCUT2D eigenvalue weighted by molar-refractivity contribution is 9.13. The summed E-state index contributed by atoms with van der Waals surface area (Å²) in [6, 6.07) is 0. The van der Waals surface area contributed by atoms with Crippen molar-refractivity contribution in [3.63, 3.8) is 0 Å². The van der Waals surface area contributed by atoms with Gasteiger partial charge >= 0.3 is 17.9 Å². The van der Waals surface area contributed by atoms with E-state index in [1.165, 1.54) is 0 Å². The number of aromatic hydroxyl groups is 2. The van der Waals surface area contributed by atoms with Crippen molar-refractivity contribution in [2.45, 2.75) is 6.42 Å². The van der Waals surface area contributed by atoms with Crippen LogP contribution >= 0.6 is 47.8 Å². The number of halogens is 3. The molecule has 0 bridgehead atoms. The van der Waals surface area contributed by atoms with E-state index in [0.717, 1.165) is 20.3 Å². The number of methoxy groups -OCH3 is 2. The van der Waals surface area contributed by atoms with Gasteiger partial charge in [-0.1, -0.05) is 0 Å². The van der Waals surface area contributed by atoms with Gasteiger partial charge in [-0.2, -0.15) is 0 Å². The molecule has 3 N–H and O–H groups in total. The molecule has 0 aliphatic rings. The maximum absolute atomic E-state index is 12.0. The van der Waals surface area contributed by atoms with Gasteiger partial charge in [-0.25, -0.2) is 4.79 Å². The Labute approximate surface area is 173 Å². The van der Waals surface area contributed by atoms with Gasteiger partial charge in [0.1, 0.15) is 0 Å². The first-order valence-electron chi connectivity index (χ1n) is 6.74. The largest absolute Gasteiger partial charge is 0.503 e. The number of carbonyl (C=O) groups excluding carboxylic acids is 2. The zero-order valence-corrected chi connectivity index (χ0v) is 18.1. The van der Waals surface area contributed by atoms with Crippen molar-refractivity contribution in [1.29, 1.82) is 0 Å². The number of esters is 2. The molecule has 0 saturated heterocycles. The summed E-state index contributed by atoms with van der Waals surface area (Å²) in [4.78, 5) is 35.3. The van der Waals surface area contributed by atoms with Crippen molar-refractivity contribution in [2.75, 3.05) is 14.2 Å². The van der Waals surface area contributed by atoms with E-state index in [9.17, 15) is 29.7 Å². The third-order valence-corrected chi connectivity index (χ3v) is 6.24. The summed E-state index contributed by atoms with van der Waals surface area (Å²) in [5.41, 5.74) is -0.357. The summed E-state index contributed by atoms with van der Waals surface area (Å²) >= 11 is 9.28. The van der Waals surface area contributed by atoms with Crippen LogP contribution in [0, 0.1) is 5.92 Å². The number of ether oxygens (including phenoxy) is 2. The molecule has 26 heavy (non-hydrogen) atoms. The molecular formula is C15H13Br3O8. The third kappa shape index (κ3) is 4.77. The van der Waals surface area contributed by atoms with E-state index >= 15 is 0 Å². The monoisotopic (exact) mass is 558 g/mol. The van der Waals surface area contributed by atoms with E-state index in [1.807, 2.05) is 0 Å². The van der Waals surface area contributed by atoms with Crippen molar-refractivity contribution < 1.29 is 39.2 Å². The zero-order valence-electron chi connectivity index (χ0n) is 13.4. The molecule has 1 unspecified atom stereocenters. The van der Waals surface area contributed by atoms with Crippen LogP contribution in [0.5, 0.6) is 11.5 Å². The van der Waals surface area contributed by atoms with Crippen LogP contribution < -0.4 is 0 Å². The summed E-state index contributed by atoms with van der Waals surface area (Å²) in [5, 5.41) is 29.3. The summed E-state index contributed by atoms with van der Waals surface area (Å²) < 4.78 is 9.32. The van der Waals surface area contributed by atoms with E-state index in [-0.39, 0.29) is 19.0 Å². The Kier molecular flexibility index (Phi) is 8.10. The Morgan fingerprint density at radius 2 is 1.54 bits per heavy atom. The second kappa shape index (κ2) is 9.38. The number of phenolic OH excluding ortho intramolecular Hbond substituents is 2. The molecule has 1 atom stereocenters. The fourth-order valence-electron chi connectivity index (χ4n) is 1.96. The second-order valence-corrected chi connectivity index (χ2v) is 7.19. The summed E-state index contributed by atoms with van der Waals surface area (Å²) in [7, 11) is 2.16. The first-order valence-corrected chi connectivity index (χ1v) is 9.12. The van der Waals surface area contributed by atoms with Gasteiger partial charge in [0.2, 0.25) is 0 Å². The lowest BCUT2D eigenvalue weighted by Gasteiger charge is -2.16. The number of carboxylic acids is 1. The molecule has 8 nitrogen and oxygen atoms in total. The molecule has 0 spiro atoms. The van der Waals surface area contributed by atoms with Crippen LogP contribution in [0.2, 0.25) is 0 Å². The van der Waals surface area contributed by atoms with Crippen LogP contribution in [0.1, 0.15) is 12.0 Å². The van der Waals surface area contributed by atoms with Gasteiger partial charge in [0.05, 0.1) is 41.1 Å². The minimum Gasteiger partial charge on any atom is -0.503 e. The van der Waals surface area contributed by atoms with Gasteiger partial charge in [0.15, 0.2) is 11.5 Å². The van der Waals surface area contributed by atoms with Crippen LogP contribution in [-0.4, -0.2) is 47.4 Å². The first-order chi connectivity index (χ1) is 12.1. The van der Waals surface area contributed by atoms with Gasteiger partial charge in [-0.05, 0) is 53.9 Å². The molecule has 0 aliphatic carbocycles. The highest BCUT2D eigenvalue weighted by Crippen LogP contribution is 2.48. The molecule has 142 valence electrons. The number of benzene rings is 1. The van der Waals surface area contributed by atoms with Crippen LogP contribution in [0.25, 0.3) is 6.08 Å². The molecule has 0 saturated carbocycles. The number of hydrogen-bond acceptors (Lipinski definition) is 7. The van der Waals surface area contributed by atoms with E-state index in [2.05, 4.69) is 57.3 Å². The van der Waals surface area contributed by atoms with Crippen molar-refractivity contribution in [3.05, 3.63) is 24.6 Å². The average molecular weight is 561 g/mol. The highest BCUT2D eigenvalue weighted by atomic mass is 79.9. The lowest BCUT2D eigenvalue weighted by molar-refractivity contribution is -0.152. The lowest BCUT2D eigenvalue weighted by atomic mass is 9.93. The van der Waals surface area contributed by atoms with Gasteiger partial charge in [0, 0.05) is 10.0 Å². The molecule has 0 fully saturated rings. The van der Waals surface area contributed by atoms with Gasteiger partial charge in [0.25, 0.3) is 0 Å². The van der Waals surface area contributed by atoms with E-state index in [0.29, 0.717) is 0 Å². The number of hydrogen-bond donors (Lipinski definition) is 3. The zero-order chi connectivity index (χ0) is 20.2. The number of carboxylic acid groups (broad SMARTS) is 1. The normalized spacial score (nSPS) is 12.4. The summed E-state index contributed by atoms with van der Waals surface area (Å²) in [6.07, 6.45) is 0.521. The molecule has 0 aromatic heterocycles. The molecule has 0 aliphatic heterocycles. The fourth-order valence-corrected chi connectivity index (χ4v) is 3.63. The van der Waals surface area contributed by atoms with Crippen LogP contribution in [-0.2, 0) is 23.9 Å². The molecule has 1 rings (SSSR count). The van der Waals surface area contributed by atoms with Crippen molar-refractivity contribution in [3.8, 4) is 11.5 Å². The third-order valence-electron chi connectivity index (χ3n) is 3.31. The fraction of sp³-hybridized carbons (Fsp3) is 0.267. The number of rotatable bonds is 6. The standard InChI is InChI=1S/C15H13Br3O8/c1-25-8(19)4-6(15(24)26-2)5(14(22)23)3-7-9(16)11(18)13(21)12(20)10(7)17/h3,6,20-21H,4H2,1-2H3,(H,22,23)/b5-3+. The molecule has 0 amide bonds. The molecule has 1 aromatic rings. The summed E-state index contributed by atoms with van der Waals surface area (Å²) in [5.74, 6) is -5.69. The van der Waals surface area contributed by atoms with E-state index in [4.69, 9.17) is 0 Å². The van der Waals surface area contributed by atoms with Gasteiger partial charge in [-0.3, -0.25) is 9.59 Å². The highest BCUT2D eigenvalue weighted by Gasteiger charge is 2.32. The lowest BCUT2D eigenvalue weighted by Crippen LogP contribution is -2.26. The van der Waals surface area contributed by atoms with Crippen LogP contribution in [0.4, 0.5) is 0 Å². The molecular weight excluding hydrogens is 548 g/mol. The van der Waals surface area contributed by atoms with E-state index in [1.54, 1.807) is 0 Å². The average Bonchev–Trinajstić information content (AvgIpc) is 2.62. The quantitative estimate of drug-likeness (QED) is 0.209. The second-order valence-electron chi connectivity index (χ2n) is 4.81. The number of aliphatic carboxylic acids is 1. The Balaban J connectivity index is 3.65. The molecule has 11 heteroatoms. The Morgan fingerprint density at radius 1 is 1.00 bits per heavy atom. The first kappa shape index (κ1) is 22.5. The maximum Gasteiger partial charge on any atom is 0.332 e. The van der Waals surface area contributed by atoms with Crippen LogP contribution in [0.15, 0.2) is 19.0 Å². The van der Waals surface area contributed by atoms with Crippen molar-refractivity contribution in [2.24, 2.45) is 5.92 Å². The van der Waals surface area contributed by atoms with Gasteiger partial charge < -0.3 is 24.8 Å². The minimum absolute atomic E-state index is 0.0227.